The maximum Gasteiger partial charge on any atom is 0.243 e. The second-order valence-electron chi connectivity index (χ2n) is 4.65. The quantitative estimate of drug-likeness (QED) is 0.881. The molecule has 6 heteroatoms. The third-order valence-corrected chi connectivity index (χ3v) is 5.17. The molecule has 1 saturated heterocycles. The summed E-state index contributed by atoms with van der Waals surface area (Å²) in [6, 6.07) is 4.07. The number of rotatable bonds is 2. The molecule has 1 aliphatic rings. The minimum atomic E-state index is -3.59. The van der Waals surface area contributed by atoms with Crippen LogP contribution in [0.3, 0.4) is 0 Å². The van der Waals surface area contributed by atoms with Crippen molar-refractivity contribution in [2.24, 2.45) is 5.73 Å². The van der Waals surface area contributed by atoms with Gasteiger partial charge in [-0.2, -0.15) is 4.31 Å². The lowest BCUT2D eigenvalue weighted by Gasteiger charge is -2.29. The first-order valence-electron chi connectivity index (χ1n) is 5.93. The monoisotopic (exact) mass is 272 g/mol. The second kappa shape index (κ2) is 4.95. The zero-order valence-electron chi connectivity index (χ0n) is 10.3. The number of aryl methyl sites for hydroxylation is 1. The van der Waals surface area contributed by atoms with Gasteiger partial charge >= 0.3 is 0 Å². The minimum absolute atomic E-state index is 0.0149. The summed E-state index contributed by atoms with van der Waals surface area (Å²) in [7, 11) is -3.59. The maximum atomic E-state index is 13.4. The SMILES string of the molecule is Cc1ccc(S(=O)(=O)N2CCC(N)CC2)cc1F. The first-order valence-corrected chi connectivity index (χ1v) is 7.37. The van der Waals surface area contributed by atoms with Gasteiger partial charge in [-0.05, 0) is 37.5 Å². The highest BCUT2D eigenvalue weighted by Crippen LogP contribution is 2.21. The van der Waals surface area contributed by atoms with Gasteiger partial charge in [-0.3, -0.25) is 0 Å². The molecular formula is C12H17FN2O2S. The van der Waals surface area contributed by atoms with Crippen molar-refractivity contribution in [3.05, 3.63) is 29.6 Å². The standard InChI is InChI=1S/C12H17FN2O2S/c1-9-2-3-11(8-12(9)13)18(16,17)15-6-4-10(14)5-7-15/h2-3,8,10H,4-7,14H2,1H3. The molecule has 1 fully saturated rings. The summed E-state index contributed by atoms with van der Waals surface area (Å²) in [4.78, 5) is 0.0149. The van der Waals surface area contributed by atoms with E-state index in [4.69, 9.17) is 5.73 Å². The van der Waals surface area contributed by atoms with Crippen molar-refractivity contribution in [2.45, 2.75) is 30.7 Å². The minimum Gasteiger partial charge on any atom is -0.328 e. The molecule has 1 heterocycles. The maximum absolute atomic E-state index is 13.4. The van der Waals surface area contributed by atoms with E-state index in [1.54, 1.807) is 6.92 Å². The first kappa shape index (κ1) is 13.5. The summed E-state index contributed by atoms with van der Waals surface area (Å²) in [5, 5.41) is 0. The summed E-state index contributed by atoms with van der Waals surface area (Å²) in [5.41, 5.74) is 6.18. The van der Waals surface area contributed by atoms with E-state index in [9.17, 15) is 12.8 Å². The average Bonchev–Trinajstić information content (AvgIpc) is 2.33. The first-order chi connectivity index (χ1) is 8.41. The van der Waals surface area contributed by atoms with Gasteiger partial charge in [0.25, 0.3) is 0 Å². The molecular weight excluding hydrogens is 255 g/mol. The summed E-state index contributed by atoms with van der Waals surface area (Å²) in [6.45, 7) is 2.41. The van der Waals surface area contributed by atoms with Gasteiger partial charge in [0.2, 0.25) is 10.0 Å². The van der Waals surface area contributed by atoms with Crippen molar-refractivity contribution in [3.63, 3.8) is 0 Å². The van der Waals surface area contributed by atoms with Crippen molar-refractivity contribution in [2.75, 3.05) is 13.1 Å². The Morgan fingerprint density at radius 2 is 1.94 bits per heavy atom. The van der Waals surface area contributed by atoms with E-state index >= 15 is 0 Å². The number of nitrogens with zero attached hydrogens (tertiary/aromatic N) is 1. The van der Waals surface area contributed by atoms with E-state index in [2.05, 4.69) is 0 Å². The number of halogens is 1. The highest BCUT2D eigenvalue weighted by molar-refractivity contribution is 7.89. The third-order valence-electron chi connectivity index (χ3n) is 3.28. The Morgan fingerprint density at radius 1 is 1.33 bits per heavy atom. The molecule has 2 rings (SSSR count). The molecule has 18 heavy (non-hydrogen) atoms. The van der Waals surface area contributed by atoms with Crippen LogP contribution in [-0.4, -0.2) is 31.9 Å². The van der Waals surface area contributed by atoms with E-state index in [1.165, 1.54) is 16.4 Å². The van der Waals surface area contributed by atoms with Crippen molar-refractivity contribution in [1.29, 1.82) is 0 Å². The Morgan fingerprint density at radius 3 is 2.50 bits per heavy atom. The zero-order chi connectivity index (χ0) is 13.3. The summed E-state index contributed by atoms with van der Waals surface area (Å²) < 4.78 is 39.4. The Kier molecular flexibility index (Phi) is 3.70. The summed E-state index contributed by atoms with van der Waals surface area (Å²) in [5.74, 6) is -0.496. The highest BCUT2D eigenvalue weighted by Gasteiger charge is 2.28. The fraction of sp³-hybridized carbons (Fsp3) is 0.500. The van der Waals surface area contributed by atoms with Crippen LogP contribution in [0.2, 0.25) is 0 Å². The van der Waals surface area contributed by atoms with Crippen LogP contribution in [0.15, 0.2) is 23.1 Å². The smallest absolute Gasteiger partial charge is 0.243 e. The van der Waals surface area contributed by atoms with E-state index in [1.807, 2.05) is 0 Å². The molecule has 100 valence electrons. The normalized spacial score (nSPS) is 19.1. The molecule has 1 aliphatic heterocycles. The number of nitrogens with two attached hydrogens (primary N) is 1. The lowest BCUT2D eigenvalue weighted by Crippen LogP contribution is -2.42. The van der Waals surface area contributed by atoms with Gasteiger partial charge in [0.1, 0.15) is 5.82 Å². The third kappa shape index (κ3) is 2.55. The van der Waals surface area contributed by atoms with Gasteiger partial charge in [-0.15, -0.1) is 0 Å². The average molecular weight is 272 g/mol. The van der Waals surface area contributed by atoms with Crippen molar-refractivity contribution < 1.29 is 12.8 Å². The molecule has 4 nitrogen and oxygen atoms in total. The fourth-order valence-electron chi connectivity index (χ4n) is 2.00. The van der Waals surface area contributed by atoms with Gasteiger partial charge in [0.15, 0.2) is 0 Å². The molecule has 1 aromatic rings. The molecule has 0 atom stereocenters. The van der Waals surface area contributed by atoms with Gasteiger partial charge in [0, 0.05) is 19.1 Å². The molecule has 0 aromatic heterocycles. The van der Waals surface area contributed by atoms with Gasteiger partial charge in [-0.25, -0.2) is 12.8 Å². The number of hydrogen-bond donors (Lipinski definition) is 1. The molecule has 1 aromatic carbocycles. The van der Waals surface area contributed by atoms with Crippen LogP contribution in [-0.2, 0) is 10.0 Å². The number of piperidine rings is 1. The van der Waals surface area contributed by atoms with Gasteiger partial charge < -0.3 is 5.73 Å². The molecule has 0 amide bonds. The Balaban J connectivity index is 2.27. The Bertz CT molecular complexity index is 537. The zero-order valence-corrected chi connectivity index (χ0v) is 11.1. The van der Waals surface area contributed by atoms with Crippen LogP contribution in [0.1, 0.15) is 18.4 Å². The lowest BCUT2D eigenvalue weighted by atomic mass is 10.1. The molecule has 2 N–H and O–H groups in total. The fourth-order valence-corrected chi connectivity index (χ4v) is 3.48. The molecule has 0 unspecified atom stereocenters. The Hall–Kier alpha value is -0.980. The lowest BCUT2D eigenvalue weighted by molar-refractivity contribution is 0.320. The van der Waals surface area contributed by atoms with Crippen molar-refractivity contribution in [1.82, 2.24) is 4.31 Å². The van der Waals surface area contributed by atoms with E-state index < -0.39 is 15.8 Å². The summed E-state index contributed by atoms with van der Waals surface area (Å²) in [6.07, 6.45) is 1.29. The van der Waals surface area contributed by atoms with Gasteiger partial charge in [-0.1, -0.05) is 6.07 Å². The van der Waals surface area contributed by atoms with Crippen LogP contribution in [0.4, 0.5) is 4.39 Å². The number of benzene rings is 1. The number of sulfonamides is 1. The molecule has 0 saturated carbocycles. The Labute approximate surface area is 107 Å². The molecule has 0 spiro atoms. The second-order valence-corrected chi connectivity index (χ2v) is 6.59. The highest BCUT2D eigenvalue weighted by atomic mass is 32.2. The predicted octanol–water partition coefficient (Wildman–Crippen LogP) is 1.25. The largest absolute Gasteiger partial charge is 0.328 e. The predicted molar refractivity (Wildman–Crippen MR) is 67.1 cm³/mol. The molecule has 0 bridgehead atoms. The van der Waals surface area contributed by atoms with Gasteiger partial charge in [0.05, 0.1) is 4.90 Å². The van der Waals surface area contributed by atoms with Crippen LogP contribution in [0.25, 0.3) is 0 Å². The van der Waals surface area contributed by atoms with E-state index in [0.717, 1.165) is 6.07 Å². The van der Waals surface area contributed by atoms with Crippen LogP contribution in [0.5, 0.6) is 0 Å². The van der Waals surface area contributed by atoms with Crippen molar-refractivity contribution >= 4 is 10.0 Å². The number of hydrogen-bond acceptors (Lipinski definition) is 3. The summed E-state index contributed by atoms with van der Waals surface area (Å²) >= 11 is 0. The van der Waals surface area contributed by atoms with E-state index in [0.29, 0.717) is 31.5 Å². The molecule has 0 aliphatic carbocycles. The molecule has 0 radical (unpaired) electrons. The van der Waals surface area contributed by atoms with Crippen molar-refractivity contribution in [3.8, 4) is 0 Å². The van der Waals surface area contributed by atoms with Crippen LogP contribution in [0, 0.1) is 12.7 Å². The van der Waals surface area contributed by atoms with Crippen LogP contribution >= 0.6 is 0 Å². The topological polar surface area (TPSA) is 63.4 Å². The van der Waals surface area contributed by atoms with E-state index in [-0.39, 0.29) is 10.9 Å². The van der Waals surface area contributed by atoms with Crippen LogP contribution < -0.4 is 5.73 Å².